The summed E-state index contributed by atoms with van der Waals surface area (Å²) in [4.78, 5) is 48.9. The van der Waals surface area contributed by atoms with Crippen LogP contribution in [0.1, 0.15) is 43.3 Å². The van der Waals surface area contributed by atoms with E-state index in [4.69, 9.17) is 23.2 Å². The highest BCUT2D eigenvalue weighted by Crippen LogP contribution is 2.61. The Balaban J connectivity index is 1.48. The van der Waals surface area contributed by atoms with E-state index in [-0.39, 0.29) is 23.9 Å². The monoisotopic (exact) mass is 620 g/mol. The third-order valence-corrected chi connectivity index (χ3v) is 10.1. The Hall–Kier alpha value is -3.87. The standard InChI is InChI=1S/C37H30Cl2N2O3/c1-40-22-32(26-13-17-29(39)18-14-26)36(37(40)34(43)30-9-5-6-10-31(30)35(37)44)23-41(20-25-7-3-2-4-8-25)21-27(33(36)42)19-24-11-15-28(38)16-12-24/h2-19,32H,20-23H2,1H3/b27-19+/t32-,36+/m0/s1. The maximum absolute atomic E-state index is 15.3. The molecule has 2 heterocycles. The Morgan fingerprint density at radius 2 is 1.32 bits per heavy atom. The number of carbonyl (C=O) groups excluding carboxylic acids is 3. The van der Waals surface area contributed by atoms with Gasteiger partial charge in [-0.2, -0.15) is 0 Å². The first kappa shape index (κ1) is 28.9. The maximum Gasteiger partial charge on any atom is 0.192 e. The van der Waals surface area contributed by atoms with Crippen molar-refractivity contribution in [2.24, 2.45) is 5.41 Å². The lowest BCUT2D eigenvalue weighted by molar-refractivity contribution is -0.132. The van der Waals surface area contributed by atoms with Crippen molar-refractivity contribution >= 4 is 46.6 Å². The number of ketones is 3. The Morgan fingerprint density at radius 3 is 1.93 bits per heavy atom. The second-order valence-corrected chi connectivity index (χ2v) is 12.9. The second kappa shape index (κ2) is 10.9. The summed E-state index contributed by atoms with van der Waals surface area (Å²) >= 11 is 12.5. The number of likely N-dealkylation sites (N-methyl/N-ethyl adjacent to an activating group) is 1. The number of rotatable bonds is 4. The van der Waals surface area contributed by atoms with Crippen LogP contribution in [0.25, 0.3) is 6.08 Å². The van der Waals surface area contributed by atoms with E-state index in [2.05, 4.69) is 17.0 Å². The first-order valence-electron chi connectivity index (χ1n) is 14.7. The highest BCUT2D eigenvalue weighted by molar-refractivity contribution is 6.36. The van der Waals surface area contributed by atoms with Gasteiger partial charge in [-0.15, -0.1) is 0 Å². The van der Waals surface area contributed by atoms with Gasteiger partial charge < -0.3 is 0 Å². The van der Waals surface area contributed by atoms with Crippen LogP contribution in [0.3, 0.4) is 0 Å². The molecule has 4 aromatic rings. The number of piperidine rings is 1. The Bertz CT molecular complexity index is 1780. The molecule has 2 spiro atoms. The largest absolute Gasteiger partial charge is 0.294 e. The number of benzene rings is 4. The Labute approximate surface area is 266 Å². The van der Waals surface area contributed by atoms with E-state index in [1.54, 1.807) is 36.4 Å². The lowest BCUT2D eigenvalue weighted by Gasteiger charge is -2.50. The minimum absolute atomic E-state index is 0.171. The summed E-state index contributed by atoms with van der Waals surface area (Å²) < 4.78 is 0. The van der Waals surface area contributed by atoms with Gasteiger partial charge in [-0.05, 0) is 54.1 Å². The van der Waals surface area contributed by atoms with E-state index in [0.29, 0.717) is 46.4 Å². The van der Waals surface area contributed by atoms with Crippen molar-refractivity contribution in [2.45, 2.75) is 18.0 Å². The number of halogens is 2. The highest BCUT2D eigenvalue weighted by atomic mass is 35.5. The van der Waals surface area contributed by atoms with Crippen molar-refractivity contribution in [3.05, 3.63) is 147 Å². The first-order chi connectivity index (χ1) is 21.3. The number of hydrogen-bond acceptors (Lipinski definition) is 5. The molecule has 44 heavy (non-hydrogen) atoms. The van der Waals surface area contributed by atoms with Crippen molar-refractivity contribution < 1.29 is 14.4 Å². The van der Waals surface area contributed by atoms with Crippen LogP contribution in [0.15, 0.2) is 109 Å². The number of hydrogen-bond donors (Lipinski definition) is 0. The van der Waals surface area contributed by atoms with Crippen molar-refractivity contribution in [1.82, 2.24) is 9.80 Å². The summed E-state index contributed by atoms with van der Waals surface area (Å²) in [7, 11) is 1.81. The van der Waals surface area contributed by atoms with Gasteiger partial charge in [0.1, 0.15) is 0 Å². The quantitative estimate of drug-likeness (QED) is 0.182. The highest BCUT2D eigenvalue weighted by Gasteiger charge is 2.77. The fourth-order valence-electron chi connectivity index (χ4n) is 7.82. The molecule has 0 bridgehead atoms. The molecule has 0 N–H and O–H groups in total. The Kier molecular flexibility index (Phi) is 7.18. The molecular weight excluding hydrogens is 591 g/mol. The number of Topliss-reactive ketones (excluding diaryl/α,β-unsaturated/α-hetero) is 3. The molecule has 4 aromatic carbocycles. The summed E-state index contributed by atoms with van der Waals surface area (Å²) in [6, 6.07) is 31.8. The summed E-state index contributed by atoms with van der Waals surface area (Å²) in [5.41, 5.74) is 0.966. The van der Waals surface area contributed by atoms with Gasteiger partial charge >= 0.3 is 0 Å². The average Bonchev–Trinajstić information content (AvgIpc) is 3.42. The zero-order valence-electron chi connectivity index (χ0n) is 24.2. The van der Waals surface area contributed by atoms with Crippen molar-refractivity contribution in [2.75, 3.05) is 26.7 Å². The predicted molar refractivity (Wildman–Crippen MR) is 173 cm³/mol. The van der Waals surface area contributed by atoms with Gasteiger partial charge in [-0.3, -0.25) is 24.2 Å². The molecule has 2 aliphatic heterocycles. The van der Waals surface area contributed by atoms with E-state index in [1.165, 1.54) is 0 Å². The van der Waals surface area contributed by atoms with Crippen molar-refractivity contribution in [1.29, 1.82) is 0 Å². The number of carbonyl (C=O) groups is 3. The third kappa shape index (κ3) is 4.26. The number of likely N-dealkylation sites (tertiary alicyclic amines) is 2. The van der Waals surface area contributed by atoms with Gasteiger partial charge in [0.2, 0.25) is 0 Å². The molecule has 1 aliphatic carbocycles. The van der Waals surface area contributed by atoms with Gasteiger partial charge in [0, 0.05) is 58.8 Å². The molecule has 2 atom stereocenters. The summed E-state index contributed by atoms with van der Waals surface area (Å²) in [5, 5.41) is 1.18. The predicted octanol–water partition coefficient (Wildman–Crippen LogP) is 7.00. The lowest BCUT2D eigenvalue weighted by atomic mass is 9.56. The average molecular weight is 622 g/mol. The van der Waals surface area contributed by atoms with Gasteiger partial charge in [-0.25, -0.2) is 0 Å². The topological polar surface area (TPSA) is 57.7 Å². The van der Waals surface area contributed by atoms with E-state index in [0.717, 1.165) is 16.7 Å². The van der Waals surface area contributed by atoms with Crippen LogP contribution in [0.4, 0.5) is 0 Å². The zero-order chi connectivity index (χ0) is 30.6. The van der Waals surface area contributed by atoms with Crippen molar-refractivity contribution in [3.63, 3.8) is 0 Å². The molecule has 0 radical (unpaired) electrons. The molecule has 0 unspecified atom stereocenters. The molecule has 7 heteroatoms. The zero-order valence-corrected chi connectivity index (χ0v) is 25.7. The molecule has 7 rings (SSSR count). The normalized spacial score (nSPS) is 24.1. The molecule has 0 aromatic heterocycles. The molecule has 2 fully saturated rings. The summed E-state index contributed by atoms with van der Waals surface area (Å²) in [6.07, 6.45) is 1.89. The molecule has 0 amide bonds. The molecule has 3 aliphatic rings. The van der Waals surface area contributed by atoms with Gasteiger partial charge in [-0.1, -0.05) is 102 Å². The molecular formula is C37H30Cl2N2O3. The fourth-order valence-corrected chi connectivity index (χ4v) is 8.07. The van der Waals surface area contributed by atoms with Gasteiger partial charge in [0.25, 0.3) is 0 Å². The summed E-state index contributed by atoms with van der Waals surface area (Å²) in [6.45, 7) is 1.52. The van der Waals surface area contributed by atoms with Crippen LogP contribution in [0, 0.1) is 5.41 Å². The van der Waals surface area contributed by atoms with Crippen molar-refractivity contribution in [3.8, 4) is 0 Å². The van der Waals surface area contributed by atoms with E-state index in [1.807, 2.05) is 72.6 Å². The van der Waals surface area contributed by atoms with E-state index in [9.17, 15) is 9.59 Å². The van der Waals surface area contributed by atoms with Gasteiger partial charge in [0.15, 0.2) is 22.9 Å². The van der Waals surface area contributed by atoms with Crippen LogP contribution in [0.5, 0.6) is 0 Å². The number of nitrogens with zero attached hydrogens (tertiary/aromatic N) is 2. The second-order valence-electron chi connectivity index (χ2n) is 12.1. The van der Waals surface area contributed by atoms with Crippen LogP contribution >= 0.6 is 23.2 Å². The minimum atomic E-state index is -1.70. The van der Waals surface area contributed by atoms with E-state index < -0.39 is 16.9 Å². The lowest BCUT2D eigenvalue weighted by Crippen LogP contribution is -2.69. The fraction of sp³-hybridized carbons (Fsp3) is 0.216. The molecule has 5 nitrogen and oxygen atoms in total. The Morgan fingerprint density at radius 1 is 0.750 bits per heavy atom. The SMILES string of the molecule is CN1C[C@@H](c2ccc(Cl)cc2)[C@@]2(CN(Cc3ccccc3)C/C(=C\c3ccc(Cl)cc3)C2=O)C12C(=O)c1ccccc1C2=O. The van der Waals surface area contributed by atoms with Crippen LogP contribution in [0.2, 0.25) is 10.0 Å². The smallest absolute Gasteiger partial charge is 0.192 e. The third-order valence-electron chi connectivity index (χ3n) is 9.64. The van der Waals surface area contributed by atoms with Crippen LogP contribution < -0.4 is 0 Å². The minimum Gasteiger partial charge on any atom is -0.294 e. The van der Waals surface area contributed by atoms with Crippen LogP contribution in [-0.4, -0.2) is 59.4 Å². The van der Waals surface area contributed by atoms with E-state index >= 15 is 4.79 Å². The van der Waals surface area contributed by atoms with Gasteiger partial charge in [0.05, 0.1) is 5.41 Å². The number of fused-ring (bicyclic) bond motifs is 2. The molecule has 0 saturated carbocycles. The molecule has 2 saturated heterocycles. The van der Waals surface area contributed by atoms with Crippen LogP contribution in [-0.2, 0) is 11.3 Å². The maximum atomic E-state index is 15.3. The molecule has 220 valence electrons. The summed E-state index contributed by atoms with van der Waals surface area (Å²) in [5.74, 6) is -1.24. The first-order valence-corrected chi connectivity index (χ1v) is 15.4.